The second-order valence-electron chi connectivity index (χ2n) is 6.92. The molecule has 1 spiro atoms. The van der Waals surface area contributed by atoms with Crippen LogP contribution in [0.1, 0.15) is 24.8 Å². The van der Waals surface area contributed by atoms with E-state index < -0.39 is 0 Å². The van der Waals surface area contributed by atoms with E-state index in [-0.39, 0.29) is 17.1 Å². The number of halogens is 1. The van der Waals surface area contributed by atoms with Crippen molar-refractivity contribution in [2.24, 2.45) is 5.41 Å². The van der Waals surface area contributed by atoms with Gasteiger partial charge in [0.25, 0.3) is 0 Å². The molecule has 6 heteroatoms. The van der Waals surface area contributed by atoms with Gasteiger partial charge in [0.1, 0.15) is 5.82 Å². The Morgan fingerprint density at radius 3 is 2.48 bits per heavy atom. The summed E-state index contributed by atoms with van der Waals surface area (Å²) < 4.78 is 13.4. The minimum atomic E-state index is -0.265. The van der Waals surface area contributed by atoms with Crippen molar-refractivity contribution >= 4 is 11.9 Å². The summed E-state index contributed by atoms with van der Waals surface area (Å²) in [4.78, 5) is 25.6. The summed E-state index contributed by atoms with van der Waals surface area (Å²) in [5.41, 5.74) is 0.582. The molecule has 4 rings (SSSR count). The van der Waals surface area contributed by atoms with Crippen molar-refractivity contribution in [2.75, 3.05) is 24.5 Å². The summed E-state index contributed by atoms with van der Waals surface area (Å²) in [5.74, 6) is 0.694. The van der Waals surface area contributed by atoms with E-state index in [1.54, 1.807) is 24.5 Å². The first kappa shape index (κ1) is 16.0. The summed E-state index contributed by atoms with van der Waals surface area (Å²) >= 11 is 0. The monoisotopic (exact) mass is 340 g/mol. The maximum Gasteiger partial charge on any atom is 0.229 e. The van der Waals surface area contributed by atoms with Gasteiger partial charge in [0.05, 0.1) is 5.41 Å². The predicted molar refractivity (Wildman–Crippen MR) is 92.3 cm³/mol. The molecule has 1 aromatic heterocycles. The zero-order valence-corrected chi connectivity index (χ0v) is 14.1. The number of carbonyl (C=O) groups excluding carboxylic acids is 1. The standard InChI is InChI=1S/C19H21FN4O/c20-16-4-1-3-15(13-16)14-24-12-7-19(17(24)25)5-10-23(11-6-19)18-21-8-2-9-22-18/h1-4,8-9,13H,5-7,10-12,14H2. The number of piperidine rings is 1. The van der Waals surface area contributed by atoms with Gasteiger partial charge in [-0.05, 0) is 43.0 Å². The second-order valence-corrected chi connectivity index (χ2v) is 6.92. The number of carbonyl (C=O) groups is 1. The summed E-state index contributed by atoms with van der Waals surface area (Å²) in [5, 5.41) is 0. The van der Waals surface area contributed by atoms with Gasteiger partial charge in [0.2, 0.25) is 11.9 Å². The third-order valence-electron chi connectivity index (χ3n) is 5.42. The van der Waals surface area contributed by atoms with Crippen LogP contribution >= 0.6 is 0 Å². The maximum atomic E-state index is 13.4. The molecule has 130 valence electrons. The molecule has 0 bridgehead atoms. The number of hydrogen-bond donors (Lipinski definition) is 0. The topological polar surface area (TPSA) is 49.3 Å². The van der Waals surface area contributed by atoms with Crippen LogP contribution in [0.4, 0.5) is 10.3 Å². The number of likely N-dealkylation sites (tertiary alicyclic amines) is 1. The number of amides is 1. The third kappa shape index (κ3) is 3.08. The first-order valence-corrected chi connectivity index (χ1v) is 8.72. The average Bonchev–Trinajstić information content (AvgIpc) is 2.93. The average molecular weight is 340 g/mol. The zero-order valence-electron chi connectivity index (χ0n) is 14.1. The van der Waals surface area contributed by atoms with Crippen LogP contribution < -0.4 is 4.90 Å². The molecule has 0 N–H and O–H groups in total. The number of aromatic nitrogens is 2. The van der Waals surface area contributed by atoms with Crippen LogP contribution in [0.15, 0.2) is 42.7 Å². The third-order valence-corrected chi connectivity index (χ3v) is 5.42. The van der Waals surface area contributed by atoms with E-state index in [1.165, 1.54) is 12.1 Å². The van der Waals surface area contributed by atoms with Crippen molar-refractivity contribution in [3.8, 4) is 0 Å². The first-order valence-electron chi connectivity index (χ1n) is 8.72. The van der Waals surface area contributed by atoms with E-state index in [0.717, 1.165) is 50.4 Å². The molecule has 2 saturated heterocycles. The van der Waals surface area contributed by atoms with Crippen molar-refractivity contribution in [3.05, 3.63) is 54.1 Å². The van der Waals surface area contributed by atoms with Crippen LogP contribution in [0.3, 0.4) is 0 Å². The minimum absolute atomic E-state index is 0.213. The van der Waals surface area contributed by atoms with Gasteiger partial charge in [-0.25, -0.2) is 14.4 Å². The first-order chi connectivity index (χ1) is 12.2. The fraction of sp³-hybridized carbons (Fsp3) is 0.421. The highest BCUT2D eigenvalue weighted by Gasteiger charge is 2.48. The zero-order chi connectivity index (χ0) is 17.3. The Morgan fingerprint density at radius 2 is 1.76 bits per heavy atom. The minimum Gasteiger partial charge on any atom is -0.341 e. The van der Waals surface area contributed by atoms with Crippen LogP contribution in [0, 0.1) is 11.2 Å². The highest BCUT2D eigenvalue weighted by Crippen LogP contribution is 2.42. The molecule has 1 amide bonds. The fourth-order valence-corrected chi connectivity index (χ4v) is 3.95. The molecule has 0 saturated carbocycles. The Morgan fingerprint density at radius 1 is 1.04 bits per heavy atom. The molecule has 0 atom stereocenters. The van der Waals surface area contributed by atoms with E-state index in [0.29, 0.717) is 6.54 Å². The Hall–Kier alpha value is -2.50. The summed E-state index contributed by atoms with van der Waals surface area (Å²) in [6, 6.07) is 8.31. The summed E-state index contributed by atoms with van der Waals surface area (Å²) in [7, 11) is 0. The van der Waals surface area contributed by atoms with Crippen LogP contribution in [-0.2, 0) is 11.3 Å². The van der Waals surface area contributed by atoms with Gasteiger partial charge in [-0.2, -0.15) is 0 Å². The predicted octanol–water partition coefficient (Wildman–Crippen LogP) is 2.63. The molecule has 2 aliphatic heterocycles. The molecule has 25 heavy (non-hydrogen) atoms. The lowest BCUT2D eigenvalue weighted by Crippen LogP contribution is -2.45. The van der Waals surface area contributed by atoms with Crippen LogP contribution in [0.25, 0.3) is 0 Å². The van der Waals surface area contributed by atoms with Gasteiger partial charge >= 0.3 is 0 Å². The summed E-state index contributed by atoms with van der Waals surface area (Å²) in [6.45, 7) is 2.83. The molecule has 3 heterocycles. The van der Waals surface area contributed by atoms with Gasteiger partial charge < -0.3 is 9.80 Å². The second kappa shape index (κ2) is 6.43. The molecule has 0 aliphatic carbocycles. The normalized spacial score (nSPS) is 19.6. The molecule has 0 radical (unpaired) electrons. The maximum absolute atomic E-state index is 13.4. The lowest BCUT2D eigenvalue weighted by molar-refractivity contribution is -0.137. The molecule has 2 fully saturated rings. The quantitative estimate of drug-likeness (QED) is 0.862. The van der Waals surface area contributed by atoms with Crippen molar-refractivity contribution < 1.29 is 9.18 Å². The van der Waals surface area contributed by atoms with E-state index in [9.17, 15) is 9.18 Å². The molecule has 1 aromatic carbocycles. The van der Waals surface area contributed by atoms with Gasteiger partial charge in [-0.15, -0.1) is 0 Å². The Bertz CT molecular complexity index is 759. The van der Waals surface area contributed by atoms with Gasteiger partial charge in [0.15, 0.2) is 0 Å². The number of rotatable bonds is 3. The van der Waals surface area contributed by atoms with Gasteiger partial charge in [-0.3, -0.25) is 4.79 Å². The van der Waals surface area contributed by atoms with Crippen molar-refractivity contribution in [1.82, 2.24) is 14.9 Å². The smallest absolute Gasteiger partial charge is 0.229 e. The van der Waals surface area contributed by atoms with Crippen molar-refractivity contribution in [1.29, 1.82) is 0 Å². The highest BCUT2D eigenvalue weighted by molar-refractivity contribution is 5.85. The molecule has 2 aromatic rings. The van der Waals surface area contributed by atoms with E-state index >= 15 is 0 Å². The van der Waals surface area contributed by atoms with Crippen LogP contribution in [0.2, 0.25) is 0 Å². The molecular formula is C19H21FN4O. The van der Waals surface area contributed by atoms with E-state index in [1.807, 2.05) is 11.0 Å². The molecule has 5 nitrogen and oxygen atoms in total. The lowest BCUT2D eigenvalue weighted by Gasteiger charge is -2.37. The number of benzene rings is 1. The SMILES string of the molecule is O=C1N(Cc2cccc(F)c2)CCC12CCN(c1ncccn1)CC2. The van der Waals surface area contributed by atoms with Crippen LogP contribution in [0.5, 0.6) is 0 Å². The Labute approximate surface area is 146 Å². The van der Waals surface area contributed by atoms with E-state index in [2.05, 4.69) is 14.9 Å². The molecule has 0 unspecified atom stereocenters. The fourth-order valence-electron chi connectivity index (χ4n) is 3.95. The van der Waals surface area contributed by atoms with Crippen molar-refractivity contribution in [3.63, 3.8) is 0 Å². The van der Waals surface area contributed by atoms with Crippen molar-refractivity contribution in [2.45, 2.75) is 25.8 Å². The number of anilines is 1. The Balaban J connectivity index is 1.42. The highest BCUT2D eigenvalue weighted by atomic mass is 19.1. The van der Waals surface area contributed by atoms with E-state index in [4.69, 9.17) is 0 Å². The molecular weight excluding hydrogens is 319 g/mol. The van der Waals surface area contributed by atoms with Gasteiger partial charge in [0, 0.05) is 38.6 Å². The number of hydrogen-bond acceptors (Lipinski definition) is 4. The van der Waals surface area contributed by atoms with Crippen LogP contribution in [-0.4, -0.2) is 40.4 Å². The largest absolute Gasteiger partial charge is 0.341 e. The molecule has 2 aliphatic rings. The summed E-state index contributed by atoms with van der Waals surface area (Å²) in [6.07, 6.45) is 6.01. The van der Waals surface area contributed by atoms with Gasteiger partial charge in [-0.1, -0.05) is 12.1 Å². The number of nitrogens with zero attached hydrogens (tertiary/aromatic N) is 4. The lowest BCUT2D eigenvalue weighted by atomic mass is 9.77. The Kier molecular flexibility index (Phi) is 4.11.